The molecule has 9 nitrogen and oxygen atoms in total. The van der Waals surface area contributed by atoms with Crippen molar-refractivity contribution in [2.45, 2.75) is 26.9 Å². The highest BCUT2D eigenvalue weighted by atomic mass is 19.4. The number of nitrogens with one attached hydrogen (secondary N) is 2. The van der Waals surface area contributed by atoms with Crippen LogP contribution in [-0.2, 0) is 14.4 Å². The lowest BCUT2D eigenvalue weighted by Gasteiger charge is -2.30. The summed E-state index contributed by atoms with van der Waals surface area (Å²) in [5.74, 6) is -6.19. The topological polar surface area (TPSA) is 121 Å². The third-order valence-electron chi connectivity index (χ3n) is 5.91. The van der Waals surface area contributed by atoms with Gasteiger partial charge in [0.25, 0.3) is 0 Å². The number of aromatic nitrogens is 4. The number of halogens is 3. The van der Waals surface area contributed by atoms with Crippen molar-refractivity contribution in [1.29, 1.82) is 0 Å². The predicted octanol–water partition coefficient (Wildman–Crippen LogP) is 1.89. The number of nitrogens with zero attached hydrogens (tertiary/aromatic N) is 4. The predicted molar refractivity (Wildman–Crippen MR) is 101 cm³/mol. The van der Waals surface area contributed by atoms with Gasteiger partial charge < -0.3 is 5.32 Å². The van der Waals surface area contributed by atoms with Gasteiger partial charge in [-0.3, -0.25) is 24.4 Å². The molecular formula is C19H19F3N6O3. The minimum Gasteiger partial charge on any atom is -0.308 e. The lowest BCUT2D eigenvalue weighted by molar-refractivity contribution is -0.166. The van der Waals surface area contributed by atoms with Gasteiger partial charge in [0, 0.05) is 0 Å². The number of aromatic amines is 1. The van der Waals surface area contributed by atoms with E-state index in [2.05, 4.69) is 25.7 Å². The van der Waals surface area contributed by atoms with Crippen molar-refractivity contribution >= 4 is 34.6 Å². The largest absolute Gasteiger partial charge is 0.406 e. The van der Waals surface area contributed by atoms with Crippen molar-refractivity contribution in [2.24, 2.45) is 23.7 Å². The van der Waals surface area contributed by atoms with Gasteiger partial charge in [-0.25, -0.2) is 0 Å². The minimum absolute atomic E-state index is 0.178. The molecule has 2 N–H and O–H groups in total. The zero-order valence-electron chi connectivity index (χ0n) is 16.8. The number of anilines is 1. The molecule has 3 heterocycles. The smallest absolute Gasteiger partial charge is 0.308 e. The molecule has 0 radical (unpaired) electrons. The SMILES string of the molecule is Cc1nnc2[nH]nc(NC(=O)C3C(C)C=CC4C(=O)N(CC(F)(F)F)C(=O)C43)c2c1C. The van der Waals surface area contributed by atoms with E-state index in [1.54, 1.807) is 26.8 Å². The average molecular weight is 436 g/mol. The summed E-state index contributed by atoms with van der Waals surface area (Å²) >= 11 is 0. The standard InChI is InChI=1S/C19H19F3N6O3/c1-7-4-5-10-13(18(31)28(17(10)30)6-19(20,21)22)11(7)16(29)23-14-12-8(2)9(3)24-26-15(12)27-25-14/h4-5,7,10-11,13H,6H2,1-3H3,(H2,23,25,26,27,29). The Morgan fingerprint density at radius 3 is 2.58 bits per heavy atom. The van der Waals surface area contributed by atoms with E-state index >= 15 is 0 Å². The third kappa shape index (κ3) is 3.45. The first kappa shape index (κ1) is 20.9. The van der Waals surface area contributed by atoms with Crippen molar-refractivity contribution in [3.05, 3.63) is 23.4 Å². The number of amides is 3. The molecule has 1 saturated heterocycles. The van der Waals surface area contributed by atoms with Gasteiger partial charge in [0.15, 0.2) is 11.5 Å². The number of aryl methyl sites for hydroxylation is 2. The van der Waals surface area contributed by atoms with E-state index in [0.717, 1.165) is 5.56 Å². The van der Waals surface area contributed by atoms with Crippen LogP contribution in [0.15, 0.2) is 12.2 Å². The van der Waals surface area contributed by atoms with E-state index in [4.69, 9.17) is 0 Å². The summed E-state index contributed by atoms with van der Waals surface area (Å²) in [5.41, 5.74) is 1.74. The lowest BCUT2D eigenvalue weighted by Crippen LogP contribution is -2.42. The number of carbonyl (C=O) groups is 3. The first-order valence-corrected chi connectivity index (χ1v) is 9.58. The van der Waals surface area contributed by atoms with Crippen LogP contribution in [0.1, 0.15) is 18.2 Å². The van der Waals surface area contributed by atoms with Crippen molar-refractivity contribution in [3.63, 3.8) is 0 Å². The first-order valence-electron chi connectivity index (χ1n) is 9.58. The summed E-state index contributed by atoms with van der Waals surface area (Å²) < 4.78 is 38.6. The highest BCUT2D eigenvalue weighted by Crippen LogP contribution is 2.42. The molecule has 0 saturated carbocycles. The molecule has 3 amide bonds. The number of alkyl halides is 3. The maximum Gasteiger partial charge on any atom is 0.406 e. The normalized spacial score (nSPS) is 25.9. The van der Waals surface area contributed by atoms with Crippen LogP contribution in [0.4, 0.5) is 19.0 Å². The van der Waals surface area contributed by atoms with Crippen LogP contribution in [0.2, 0.25) is 0 Å². The van der Waals surface area contributed by atoms with E-state index in [0.29, 0.717) is 16.7 Å². The van der Waals surface area contributed by atoms with Gasteiger partial charge in [-0.05, 0) is 25.3 Å². The number of likely N-dealkylation sites (tertiary alicyclic amines) is 1. The fourth-order valence-electron chi connectivity index (χ4n) is 4.27. The molecule has 12 heteroatoms. The van der Waals surface area contributed by atoms with Crippen LogP contribution in [-0.4, -0.2) is 55.7 Å². The zero-order chi connectivity index (χ0) is 22.7. The number of allylic oxidation sites excluding steroid dienone is 1. The highest BCUT2D eigenvalue weighted by Gasteiger charge is 2.56. The van der Waals surface area contributed by atoms with E-state index in [1.165, 1.54) is 6.08 Å². The summed E-state index contributed by atoms with van der Waals surface area (Å²) in [6, 6.07) is 0. The molecule has 0 spiro atoms. The number of hydrogen-bond acceptors (Lipinski definition) is 6. The number of carbonyl (C=O) groups excluding carboxylic acids is 3. The molecule has 2 aliphatic rings. The maximum absolute atomic E-state index is 13.2. The number of fused-ring (bicyclic) bond motifs is 2. The Labute approximate surface area is 174 Å². The van der Waals surface area contributed by atoms with Crippen LogP contribution in [0, 0.1) is 37.5 Å². The summed E-state index contributed by atoms with van der Waals surface area (Å²) in [5, 5.41) is 17.9. The Bertz CT molecular complexity index is 1130. The Balaban J connectivity index is 1.65. The molecule has 2 aromatic rings. The average Bonchev–Trinajstić information content (AvgIpc) is 3.19. The number of imide groups is 1. The van der Waals surface area contributed by atoms with Crippen molar-refractivity contribution < 1.29 is 27.6 Å². The van der Waals surface area contributed by atoms with Gasteiger partial charge >= 0.3 is 6.18 Å². The number of H-pyrrole nitrogens is 1. The van der Waals surface area contributed by atoms with Crippen LogP contribution < -0.4 is 5.32 Å². The van der Waals surface area contributed by atoms with Crippen LogP contribution in [0.3, 0.4) is 0 Å². The van der Waals surface area contributed by atoms with Crippen molar-refractivity contribution in [3.8, 4) is 0 Å². The molecule has 0 bridgehead atoms. The fourth-order valence-corrected chi connectivity index (χ4v) is 4.27. The van der Waals surface area contributed by atoms with Crippen LogP contribution in [0.5, 0.6) is 0 Å². The summed E-state index contributed by atoms with van der Waals surface area (Å²) in [6.45, 7) is 3.53. The Morgan fingerprint density at radius 1 is 1.19 bits per heavy atom. The Hall–Kier alpha value is -3.31. The van der Waals surface area contributed by atoms with Crippen molar-refractivity contribution in [2.75, 3.05) is 11.9 Å². The van der Waals surface area contributed by atoms with E-state index < -0.39 is 54.1 Å². The quantitative estimate of drug-likeness (QED) is 0.560. The van der Waals surface area contributed by atoms with Crippen LogP contribution >= 0.6 is 0 Å². The molecule has 2 aromatic heterocycles. The van der Waals surface area contributed by atoms with Crippen molar-refractivity contribution in [1.82, 2.24) is 25.3 Å². The van der Waals surface area contributed by atoms with Gasteiger partial charge in [0.2, 0.25) is 17.7 Å². The first-order chi connectivity index (χ1) is 14.5. The molecule has 1 aliphatic carbocycles. The molecule has 4 unspecified atom stereocenters. The fraction of sp³-hybridized carbons (Fsp3) is 0.474. The van der Waals surface area contributed by atoms with E-state index in [9.17, 15) is 27.6 Å². The molecule has 1 aliphatic heterocycles. The van der Waals surface area contributed by atoms with E-state index in [1.807, 2.05) is 0 Å². The zero-order valence-corrected chi connectivity index (χ0v) is 16.8. The summed E-state index contributed by atoms with van der Waals surface area (Å²) in [7, 11) is 0. The second kappa shape index (κ2) is 7.13. The lowest BCUT2D eigenvalue weighted by atomic mass is 9.71. The second-order valence-corrected chi connectivity index (χ2v) is 7.89. The molecule has 4 rings (SSSR count). The number of rotatable bonds is 3. The molecule has 31 heavy (non-hydrogen) atoms. The molecule has 1 fully saturated rings. The summed E-state index contributed by atoms with van der Waals surface area (Å²) in [6.07, 6.45) is -1.73. The third-order valence-corrected chi connectivity index (χ3v) is 5.91. The van der Waals surface area contributed by atoms with Gasteiger partial charge in [-0.15, -0.1) is 5.10 Å². The van der Waals surface area contributed by atoms with E-state index in [-0.39, 0.29) is 10.7 Å². The minimum atomic E-state index is -4.73. The van der Waals surface area contributed by atoms with Gasteiger partial charge in [0.1, 0.15) is 6.54 Å². The maximum atomic E-state index is 13.2. The van der Waals surface area contributed by atoms with Gasteiger partial charge in [0.05, 0.1) is 28.8 Å². The van der Waals surface area contributed by atoms with Gasteiger partial charge in [-0.1, -0.05) is 19.1 Å². The molecule has 4 atom stereocenters. The van der Waals surface area contributed by atoms with Crippen LogP contribution in [0.25, 0.3) is 11.0 Å². The number of hydrogen-bond donors (Lipinski definition) is 2. The molecule has 164 valence electrons. The molecular weight excluding hydrogens is 417 g/mol. The summed E-state index contributed by atoms with van der Waals surface area (Å²) in [4.78, 5) is 38.6. The monoisotopic (exact) mass is 436 g/mol. The molecule has 0 aromatic carbocycles. The highest BCUT2D eigenvalue weighted by molar-refractivity contribution is 6.10. The Morgan fingerprint density at radius 2 is 1.90 bits per heavy atom. The Kier molecular flexibility index (Phi) is 4.82. The second-order valence-electron chi connectivity index (χ2n) is 7.89. The van der Waals surface area contributed by atoms with Gasteiger partial charge in [-0.2, -0.15) is 23.4 Å².